The SMILES string of the molecule is NC(Cc1ccc(NC(=O)C(Cl)Cl)cc1)C(=O)O. The summed E-state index contributed by atoms with van der Waals surface area (Å²) in [7, 11) is 0. The van der Waals surface area contributed by atoms with Gasteiger partial charge in [0.05, 0.1) is 0 Å². The van der Waals surface area contributed by atoms with Crippen LogP contribution in [-0.2, 0) is 16.0 Å². The van der Waals surface area contributed by atoms with E-state index in [9.17, 15) is 9.59 Å². The Morgan fingerprint density at radius 2 is 1.83 bits per heavy atom. The quantitative estimate of drug-likeness (QED) is 0.715. The third-order valence-corrected chi connectivity index (χ3v) is 2.59. The highest BCUT2D eigenvalue weighted by Gasteiger charge is 2.13. The number of hydrogen-bond acceptors (Lipinski definition) is 3. The second kappa shape index (κ2) is 6.58. The average molecular weight is 291 g/mol. The largest absolute Gasteiger partial charge is 0.480 e. The molecule has 0 aliphatic heterocycles. The average Bonchev–Trinajstić information content (AvgIpc) is 2.31. The first-order valence-electron chi connectivity index (χ1n) is 5.06. The van der Waals surface area contributed by atoms with Crippen molar-refractivity contribution in [2.24, 2.45) is 5.73 Å². The lowest BCUT2D eigenvalue weighted by molar-refractivity contribution is -0.138. The van der Waals surface area contributed by atoms with Gasteiger partial charge in [0.15, 0.2) is 4.84 Å². The molecule has 0 fully saturated rings. The Balaban J connectivity index is 2.63. The molecule has 1 rings (SSSR count). The number of alkyl halides is 2. The predicted molar refractivity (Wildman–Crippen MR) is 69.9 cm³/mol. The summed E-state index contributed by atoms with van der Waals surface area (Å²) in [4.78, 5) is 20.6. The maximum absolute atomic E-state index is 11.2. The molecule has 5 nitrogen and oxygen atoms in total. The van der Waals surface area contributed by atoms with Crippen LogP contribution in [0.2, 0.25) is 0 Å². The molecule has 98 valence electrons. The number of halogens is 2. The summed E-state index contributed by atoms with van der Waals surface area (Å²) in [6, 6.07) is 5.65. The number of rotatable bonds is 5. The van der Waals surface area contributed by atoms with Crippen molar-refractivity contribution in [2.45, 2.75) is 17.3 Å². The smallest absolute Gasteiger partial charge is 0.320 e. The van der Waals surface area contributed by atoms with Crippen LogP contribution in [0.3, 0.4) is 0 Å². The fraction of sp³-hybridized carbons (Fsp3) is 0.273. The first-order chi connectivity index (χ1) is 8.40. The fourth-order valence-electron chi connectivity index (χ4n) is 1.26. The van der Waals surface area contributed by atoms with Crippen molar-refractivity contribution in [2.75, 3.05) is 5.32 Å². The topological polar surface area (TPSA) is 92.4 Å². The van der Waals surface area contributed by atoms with Gasteiger partial charge in [-0.25, -0.2) is 0 Å². The molecule has 0 heterocycles. The number of nitrogens with one attached hydrogen (secondary N) is 1. The molecule has 1 atom stereocenters. The monoisotopic (exact) mass is 290 g/mol. The van der Waals surface area contributed by atoms with Gasteiger partial charge in [-0.1, -0.05) is 35.3 Å². The minimum absolute atomic E-state index is 0.219. The number of carbonyl (C=O) groups excluding carboxylic acids is 1. The van der Waals surface area contributed by atoms with Crippen LogP contribution in [-0.4, -0.2) is 27.9 Å². The summed E-state index contributed by atoms with van der Waals surface area (Å²) in [5.41, 5.74) is 6.69. The highest BCUT2D eigenvalue weighted by Crippen LogP contribution is 2.13. The lowest BCUT2D eigenvalue weighted by atomic mass is 10.1. The van der Waals surface area contributed by atoms with E-state index in [1.165, 1.54) is 0 Å². The molecule has 4 N–H and O–H groups in total. The number of carboxylic acids is 1. The van der Waals surface area contributed by atoms with E-state index in [1.807, 2.05) is 0 Å². The number of amides is 1. The maximum Gasteiger partial charge on any atom is 0.320 e. The molecule has 0 radical (unpaired) electrons. The van der Waals surface area contributed by atoms with Crippen molar-refractivity contribution < 1.29 is 14.7 Å². The van der Waals surface area contributed by atoms with Crippen LogP contribution >= 0.6 is 23.2 Å². The molecule has 1 aromatic rings. The highest BCUT2D eigenvalue weighted by molar-refractivity contribution is 6.54. The Kier molecular flexibility index (Phi) is 5.40. The van der Waals surface area contributed by atoms with Crippen LogP contribution in [0, 0.1) is 0 Å². The van der Waals surface area contributed by atoms with Crippen LogP contribution in [0.1, 0.15) is 5.56 Å². The number of aliphatic carboxylic acids is 1. The van der Waals surface area contributed by atoms with Gasteiger partial charge in [0.2, 0.25) is 0 Å². The second-order valence-electron chi connectivity index (χ2n) is 3.64. The van der Waals surface area contributed by atoms with Gasteiger partial charge in [-0.05, 0) is 24.1 Å². The van der Waals surface area contributed by atoms with Gasteiger partial charge in [-0.3, -0.25) is 9.59 Å². The summed E-state index contributed by atoms with van der Waals surface area (Å²) in [5, 5.41) is 11.2. The summed E-state index contributed by atoms with van der Waals surface area (Å²) in [6.07, 6.45) is 0.219. The number of carboxylic acid groups (broad SMARTS) is 1. The number of hydrogen-bond donors (Lipinski definition) is 3. The Bertz CT molecular complexity index is 434. The molecule has 1 unspecified atom stereocenters. The maximum atomic E-state index is 11.2. The number of nitrogens with two attached hydrogens (primary N) is 1. The van der Waals surface area contributed by atoms with E-state index in [0.29, 0.717) is 5.69 Å². The lowest BCUT2D eigenvalue weighted by Crippen LogP contribution is -2.32. The summed E-state index contributed by atoms with van der Waals surface area (Å²) in [6.45, 7) is 0. The van der Waals surface area contributed by atoms with E-state index in [2.05, 4.69) is 5.32 Å². The fourth-order valence-corrected chi connectivity index (χ4v) is 1.37. The zero-order chi connectivity index (χ0) is 13.7. The van der Waals surface area contributed by atoms with Crippen LogP contribution < -0.4 is 11.1 Å². The van der Waals surface area contributed by atoms with Gasteiger partial charge in [-0.2, -0.15) is 0 Å². The van der Waals surface area contributed by atoms with Crippen molar-refractivity contribution in [1.29, 1.82) is 0 Å². The molecule has 0 spiro atoms. The Morgan fingerprint density at radius 1 is 1.28 bits per heavy atom. The molecule has 0 aliphatic rings. The molecule has 0 aliphatic carbocycles. The molecule has 1 amide bonds. The minimum Gasteiger partial charge on any atom is -0.480 e. The highest BCUT2D eigenvalue weighted by atomic mass is 35.5. The first kappa shape index (κ1) is 14.8. The van der Waals surface area contributed by atoms with Crippen molar-refractivity contribution in [3.63, 3.8) is 0 Å². The van der Waals surface area contributed by atoms with Crippen molar-refractivity contribution in [3.05, 3.63) is 29.8 Å². The van der Waals surface area contributed by atoms with Crippen LogP contribution in [0.15, 0.2) is 24.3 Å². The van der Waals surface area contributed by atoms with Crippen molar-refractivity contribution in [1.82, 2.24) is 0 Å². The molecule has 18 heavy (non-hydrogen) atoms. The number of carbonyl (C=O) groups is 2. The number of benzene rings is 1. The van der Waals surface area contributed by atoms with E-state index in [4.69, 9.17) is 34.0 Å². The van der Waals surface area contributed by atoms with Crippen molar-refractivity contribution in [3.8, 4) is 0 Å². The molecule has 7 heteroatoms. The van der Waals surface area contributed by atoms with E-state index in [0.717, 1.165) is 5.56 Å². The third-order valence-electron chi connectivity index (χ3n) is 2.19. The van der Waals surface area contributed by atoms with E-state index in [1.54, 1.807) is 24.3 Å². The Labute approximate surface area is 114 Å². The van der Waals surface area contributed by atoms with Gasteiger partial charge >= 0.3 is 5.97 Å². The van der Waals surface area contributed by atoms with Crippen LogP contribution in [0.25, 0.3) is 0 Å². The summed E-state index contributed by atoms with van der Waals surface area (Å²) in [5.74, 6) is -1.58. The van der Waals surface area contributed by atoms with E-state index < -0.39 is 22.8 Å². The van der Waals surface area contributed by atoms with Gasteiger partial charge in [0.1, 0.15) is 6.04 Å². The van der Waals surface area contributed by atoms with Gasteiger partial charge in [0, 0.05) is 5.69 Å². The molecule has 0 saturated carbocycles. The van der Waals surface area contributed by atoms with Crippen LogP contribution in [0.4, 0.5) is 5.69 Å². The molecular formula is C11H12Cl2N2O3. The Morgan fingerprint density at radius 3 is 2.28 bits per heavy atom. The Hall–Kier alpha value is -1.30. The lowest BCUT2D eigenvalue weighted by Gasteiger charge is -2.08. The van der Waals surface area contributed by atoms with E-state index in [-0.39, 0.29) is 6.42 Å². The van der Waals surface area contributed by atoms with Crippen LogP contribution in [0.5, 0.6) is 0 Å². The first-order valence-corrected chi connectivity index (χ1v) is 5.94. The molecule has 0 saturated heterocycles. The minimum atomic E-state index is -1.13. The molecule has 1 aromatic carbocycles. The normalized spacial score (nSPS) is 12.2. The number of anilines is 1. The predicted octanol–water partition coefficient (Wildman–Crippen LogP) is 1.38. The molecule has 0 bridgehead atoms. The van der Waals surface area contributed by atoms with E-state index >= 15 is 0 Å². The van der Waals surface area contributed by atoms with Gasteiger partial charge < -0.3 is 16.2 Å². The molecular weight excluding hydrogens is 279 g/mol. The summed E-state index contributed by atoms with van der Waals surface area (Å²) < 4.78 is 0. The van der Waals surface area contributed by atoms with Gasteiger partial charge in [0.25, 0.3) is 5.91 Å². The van der Waals surface area contributed by atoms with Crippen molar-refractivity contribution >= 4 is 40.8 Å². The second-order valence-corrected chi connectivity index (χ2v) is 4.73. The zero-order valence-corrected chi connectivity index (χ0v) is 10.8. The molecule has 0 aromatic heterocycles. The van der Waals surface area contributed by atoms with Gasteiger partial charge in [-0.15, -0.1) is 0 Å². The summed E-state index contributed by atoms with van der Waals surface area (Å²) >= 11 is 10.8. The standard InChI is InChI=1S/C11H12Cl2N2O3/c12-9(13)10(16)15-7-3-1-6(2-4-7)5-8(14)11(17)18/h1-4,8-9H,5,14H2,(H,15,16)(H,17,18). The third kappa shape index (κ3) is 4.52. The zero-order valence-electron chi connectivity index (χ0n) is 9.27.